The monoisotopic (exact) mass is 225 g/mol. The van der Waals surface area contributed by atoms with E-state index in [9.17, 15) is 0 Å². The van der Waals surface area contributed by atoms with Crippen LogP contribution in [-0.4, -0.2) is 0 Å². The molecule has 0 aliphatic heterocycles. The van der Waals surface area contributed by atoms with Crippen LogP contribution >= 0.6 is 0 Å². The van der Waals surface area contributed by atoms with Gasteiger partial charge in [-0.05, 0) is 67.7 Å². The van der Waals surface area contributed by atoms with E-state index in [1.165, 1.54) is 44.1 Å². The molecule has 3 aliphatic carbocycles. The van der Waals surface area contributed by atoms with E-state index in [1.807, 2.05) is 0 Å². The maximum Gasteiger partial charge on any atom is 0.0316 e. The number of aryl methyl sites for hydroxylation is 1. The minimum absolute atomic E-state index is 0.491. The molecule has 1 nitrogen and oxygen atoms in total. The zero-order valence-electron chi connectivity index (χ0n) is 10.2. The number of anilines is 1. The molecule has 2 atom stereocenters. The molecule has 2 bridgehead atoms. The SMILES string of the molecule is Nc1ccc2c(c1)CCCC21CC2=CCC1C2. The molecule has 88 valence electrons. The highest BCUT2D eigenvalue weighted by Gasteiger charge is 2.49. The first-order chi connectivity index (χ1) is 8.28. The van der Waals surface area contributed by atoms with Crippen LogP contribution in [0.3, 0.4) is 0 Å². The molecular weight excluding hydrogens is 206 g/mol. The number of fused-ring (bicyclic) bond motifs is 5. The quantitative estimate of drug-likeness (QED) is 0.530. The summed E-state index contributed by atoms with van der Waals surface area (Å²) >= 11 is 0. The lowest BCUT2D eigenvalue weighted by molar-refractivity contribution is 0.270. The van der Waals surface area contributed by atoms with Gasteiger partial charge in [0.15, 0.2) is 0 Å². The predicted octanol–water partition coefficient (Wildman–Crippen LogP) is 3.58. The smallest absolute Gasteiger partial charge is 0.0316 e. The first kappa shape index (κ1) is 9.76. The standard InChI is InChI=1S/C16H19N/c17-14-5-6-15-12(9-14)2-1-7-16(15)10-11-3-4-13(16)8-11/h3,5-6,9,13H,1-2,4,7-8,10,17H2. The van der Waals surface area contributed by atoms with Crippen LogP contribution in [0, 0.1) is 5.92 Å². The molecule has 0 radical (unpaired) electrons. The molecule has 1 saturated carbocycles. The van der Waals surface area contributed by atoms with Gasteiger partial charge in [0.1, 0.15) is 0 Å². The normalized spacial score (nSPS) is 33.9. The minimum atomic E-state index is 0.491. The molecular formula is C16H19N. The lowest BCUT2D eigenvalue weighted by atomic mass is 9.62. The van der Waals surface area contributed by atoms with E-state index in [0.29, 0.717) is 5.41 Å². The lowest BCUT2D eigenvalue weighted by Crippen LogP contribution is -2.35. The van der Waals surface area contributed by atoms with Crippen molar-refractivity contribution in [1.82, 2.24) is 0 Å². The maximum absolute atomic E-state index is 5.93. The van der Waals surface area contributed by atoms with Gasteiger partial charge in [-0.3, -0.25) is 0 Å². The van der Waals surface area contributed by atoms with Gasteiger partial charge >= 0.3 is 0 Å². The van der Waals surface area contributed by atoms with Crippen molar-refractivity contribution >= 4 is 5.69 Å². The zero-order chi connectivity index (χ0) is 11.5. The van der Waals surface area contributed by atoms with Gasteiger partial charge in [-0.2, -0.15) is 0 Å². The van der Waals surface area contributed by atoms with Crippen LogP contribution in [0.1, 0.15) is 43.2 Å². The minimum Gasteiger partial charge on any atom is -0.399 e. The molecule has 1 fully saturated rings. The lowest BCUT2D eigenvalue weighted by Gasteiger charge is -2.41. The number of allylic oxidation sites excluding steroid dienone is 2. The highest BCUT2D eigenvalue weighted by molar-refractivity contribution is 5.51. The molecule has 0 saturated heterocycles. The molecule has 2 unspecified atom stereocenters. The Hall–Kier alpha value is -1.24. The molecule has 17 heavy (non-hydrogen) atoms. The second-order valence-electron chi connectivity index (χ2n) is 6.10. The molecule has 1 aromatic rings. The third-order valence-electron chi connectivity index (χ3n) is 5.26. The molecule has 0 heterocycles. The third kappa shape index (κ3) is 1.20. The fourth-order valence-corrected chi connectivity index (χ4v) is 4.55. The summed E-state index contributed by atoms with van der Waals surface area (Å²) in [6, 6.07) is 6.65. The van der Waals surface area contributed by atoms with E-state index in [0.717, 1.165) is 11.6 Å². The Labute approximate surface area is 103 Å². The van der Waals surface area contributed by atoms with Crippen molar-refractivity contribution in [2.45, 2.75) is 43.9 Å². The fourth-order valence-electron chi connectivity index (χ4n) is 4.55. The summed E-state index contributed by atoms with van der Waals surface area (Å²) in [6.45, 7) is 0. The van der Waals surface area contributed by atoms with Crippen molar-refractivity contribution in [3.05, 3.63) is 41.0 Å². The molecule has 3 aliphatic rings. The number of nitrogen functional groups attached to an aromatic ring is 1. The number of benzene rings is 1. The van der Waals surface area contributed by atoms with E-state index < -0.39 is 0 Å². The summed E-state index contributed by atoms with van der Waals surface area (Å²) in [5.41, 5.74) is 12.2. The van der Waals surface area contributed by atoms with E-state index in [2.05, 4.69) is 24.3 Å². The Bertz CT molecular complexity index is 514. The van der Waals surface area contributed by atoms with Crippen molar-refractivity contribution in [3.63, 3.8) is 0 Å². The summed E-state index contributed by atoms with van der Waals surface area (Å²) in [7, 11) is 0. The second kappa shape index (κ2) is 3.16. The van der Waals surface area contributed by atoms with Crippen LogP contribution in [0.25, 0.3) is 0 Å². The summed E-state index contributed by atoms with van der Waals surface area (Å²) in [6.07, 6.45) is 10.5. The van der Waals surface area contributed by atoms with Gasteiger partial charge in [-0.25, -0.2) is 0 Å². The number of hydrogen-bond acceptors (Lipinski definition) is 1. The van der Waals surface area contributed by atoms with E-state index >= 15 is 0 Å². The highest BCUT2D eigenvalue weighted by Crippen LogP contribution is 2.58. The van der Waals surface area contributed by atoms with Gasteiger partial charge in [0.2, 0.25) is 0 Å². The largest absolute Gasteiger partial charge is 0.399 e. The summed E-state index contributed by atoms with van der Waals surface area (Å²) in [5.74, 6) is 0.889. The van der Waals surface area contributed by atoms with Crippen LogP contribution in [-0.2, 0) is 11.8 Å². The molecule has 1 spiro atoms. The van der Waals surface area contributed by atoms with Crippen LogP contribution in [0.2, 0.25) is 0 Å². The van der Waals surface area contributed by atoms with Gasteiger partial charge in [0.25, 0.3) is 0 Å². The highest BCUT2D eigenvalue weighted by atomic mass is 14.6. The molecule has 2 N–H and O–H groups in total. The molecule has 4 rings (SSSR count). The van der Waals surface area contributed by atoms with Crippen LogP contribution < -0.4 is 5.73 Å². The Balaban J connectivity index is 1.88. The van der Waals surface area contributed by atoms with E-state index in [4.69, 9.17) is 5.73 Å². The molecule has 1 heteroatoms. The fraction of sp³-hybridized carbons (Fsp3) is 0.500. The average molecular weight is 225 g/mol. The Morgan fingerprint density at radius 3 is 3.00 bits per heavy atom. The first-order valence-electron chi connectivity index (χ1n) is 6.85. The van der Waals surface area contributed by atoms with Gasteiger partial charge < -0.3 is 5.73 Å². The Morgan fingerprint density at radius 2 is 2.24 bits per heavy atom. The van der Waals surface area contributed by atoms with E-state index in [1.54, 1.807) is 11.1 Å². The van der Waals surface area contributed by atoms with Gasteiger partial charge in [-0.15, -0.1) is 0 Å². The van der Waals surface area contributed by atoms with Crippen molar-refractivity contribution in [3.8, 4) is 0 Å². The molecule has 1 aromatic carbocycles. The van der Waals surface area contributed by atoms with Gasteiger partial charge in [-0.1, -0.05) is 17.7 Å². The number of hydrogen-bond donors (Lipinski definition) is 1. The second-order valence-corrected chi connectivity index (χ2v) is 6.10. The molecule has 0 amide bonds. The maximum atomic E-state index is 5.93. The first-order valence-corrected chi connectivity index (χ1v) is 6.85. The van der Waals surface area contributed by atoms with Crippen molar-refractivity contribution < 1.29 is 0 Å². The van der Waals surface area contributed by atoms with Crippen molar-refractivity contribution in [1.29, 1.82) is 0 Å². The summed E-state index contributed by atoms with van der Waals surface area (Å²) in [5, 5.41) is 0. The van der Waals surface area contributed by atoms with Crippen LogP contribution in [0.5, 0.6) is 0 Å². The van der Waals surface area contributed by atoms with Gasteiger partial charge in [0, 0.05) is 11.1 Å². The third-order valence-corrected chi connectivity index (χ3v) is 5.26. The van der Waals surface area contributed by atoms with Crippen molar-refractivity contribution in [2.24, 2.45) is 5.92 Å². The topological polar surface area (TPSA) is 26.0 Å². The van der Waals surface area contributed by atoms with Crippen molar-refractivity contribution in [2.75, 3.05) is 5.73 Å². The number of nitrogens with two attached hydrogens (primary N) is 1. The van der Waals surface area contributed by atoms with Gasteiger partial charge in [0.05, 0.1) is 0 Å². The average Bonchev–Trinajstić information content (AvgIpc) is 2.89. The van der Waals surface area contributed by atoms with Crippen LogP contribution in [0.4, 0.5) is 5.69 Å². The Morgan fingerprint density at radius 1 is 1.29 bits per heavy atom. The van der Waals surface area contributed by atoms with Crippen LogP contribution in [0.15, 0.2) is 29.8 Å². The van der Waals surface area contributed by atoms with E-state index in [-0.39, 0.29) is 0 Å². The summed E-state index contributed by atoms with van der Waals surface area (Å²) in [4.78, 5) is 0. The zero-order valence-corrected chi connectivity index (χ0v) is 10.2. The molecule has 0 aromatic heterocycles. The summed E-state index contributed by atoms with van der Waals surface area (Å²) < 4.78 is 0. The predicted molar refractivity (Wildman–Crippen MR) is 70.9 cm³/mol. The number of rotatable bonds is 0. The Kier molecular flexibility index (Phi) is 1.81.